The number of aryl methyl sites for hydroxylation is 1. The first-order chi connectivity index (χ1) is 21.2. The Hall–Kier alpha value is -4.45. The van der Waals surface area contributed by atoms with E-state index >= 15 is 4.39 Å². The molecule has 0 aliphatic carbocycles. The Kier molecular flexibility index (Phi) is 7.59. The number of halogens is 2. The van der Waals surface area contributed by atoms with Crippen molar-refractivity contribution in [1.29, 1.82) is 0 Å². The van der Waals surface area contributed by atoms with Gasteiger partial charge in [-0.25, -0.2) is 23.5 Å². The molecule has 4 aromatic rings. The highest BCUT2D eigenvalue weighted by atomic mass is 35.5. The number of carbonyl (C=O) groups excluding carboxylic acids is 1. The molecule has 0 saturated carbocycles. The van der Waals surface area contributed by atoms with Crippen LogP contribution in [0.25, 0.3) is 28.0 Å². The molecular weight excluding hydrogens is 603 g/mol. The topological polar surface area (TPSA) is 123 Å². The first-order valence-electron chi connectivity index (χ1n) is 14.8. The Morgan fingerprint density at radius 1 is 1.18 bits per heavy atom. The summed E-state index contributed by atoms with van der Waals surface area (Å²) in [5, 5.41) is 0.431. The van der Waals surface area contributed by atoms with Gasteiger partial charge in [0.1, 0.15) is 34.3 Å². The van der Waals surface area contributed by atoms with Gasteiger partial charge in [-0.15, -0.1) is 0 Å². The van der Waals surface area contributed by atoms with E-state index in [4.69, 9.17) is 26.1 Å². The van der Waals surface area contributed by atoms with Crippen molar-refractivity contribution < 1.29 is 18.7 Å². The first-order valence-corrected chi connectivity index (χ1v) is 15.2. The number of hydrogen-bond donors (Lipinski definition) is 1. The minimum Gasteiger partial charge on any atom is -0.489 e. The number of amides is 1. The Balaban J connectivity index is 1.62. The molecule has 1 fully saturated rings. The average Bonchev–Trinajstić information content (AvgIpc) is 3.12. The fraction of sp³-hybridized carbons (Fsp3) is 0.406. The summed E-state index contributed by atoms with van der Waals surface area (Å²) in [5.74, 6) is -0.231. The predicted octanol–water partition coefficient (Wildman–Crippen LogP) is 5.18. The van der Waals surface area contributed by atoms with E-state index in [1.807, 2.05) is 18.7 Å². The number of aromatic nitrogens is 4. The fourth-order valence-electron chi connectivity index (χ4n) is 5.93. The number of nitrogens with zero attached hydrogens (tertiary/aromatic N) is 5. The van der Waals surface area contributed by atoms with Crippen LogP contribution in [0.5, 0.6) is 5.75 Å². The minimum atomic E-state index is -0.667. The molecule has 0 spiro atoms. The molecule has 1 saturated heterocycles. The van der Waals surface area contributed by atoms with E-state index in [0.717, 1.165) is 0 Å². The van der Waals surface area contributed by atoms with E-state index in [0.29, 0.717) is 41.2 Å². The monoisotopic (exact) mass is 636 g/mol. The number of hydrogen-bond acceptors (Lipinski definition) is 8. The Morgan fingerprint density at radius 3 is 2.60 bits per heavy atom. The molecular formula is C32H34ClFN6O5. The third-order valence-corrected chi connectivity index (χ3v) is 8.25. The predicted molar refractivity (Wildman–Crippen MR) is 169 cm³/mol. The largest absolute Gasteiger partial charge is 0.489 e. The number of fused-ring (bicyclic) bond motifs is 2. The van der Waals surface area contributed by atoms with Crippen molar-refractivity contribution in [1.82, 2.24) is 24.4 Å². The lowest BCUT2D eigenvalue weighted by Gasteiger charge is -2.41. The summed E-state index contributed by atoms with van der Waals surface area (Å²) in [4.78, 5) is 55.4. The lowest BCUT2D eigenvalue weighted by molar-refractivity contribution is 0.0202. The van der Waals surface area contributed by atoms with Crippen molar-refractivity contribution in [3.05, 3.63) is 73.3 Å². The molecule has 3 aromatic heterocycles. The molecule has 5 heterocycles. The molecule has 1 atom stereocenters. The van der Waals surface area contributed by atoms with Gasteiger partial charge < -0.3 is 24.3 Å². The van der Waals surface area contributed by atoms with Crippen molar-refractivity contribution in [2.45, 2.75) is 59.1 Å². The van der Waals surface area contributed by atoms with Gasteiger partial charge in [0.05, 0.1) is 17.4 Å². The maximum atomic E-state index is 15.2. The van der Waals surface area contributed by atoms with Gasteiger partial charge in [-0.2, -0.15) is 4.98 Å². The zero-order valence-electron chi connectivity index (χ0n) is 25.9. The summed E-state index contributed by atoms with van der Waals surface area (Å²) in [6, 6.07) is 7.08. The van der Waals surface area contributed by atoms with E-state index in [1.165, 1.54) is 16.7 Å². The van der Waals surface area contributed by atoms with E-state index in [9.17, 15) is 14.4 Å². The third kappa shape index (κ3) is 5.41. The van der Waals surface area contributed by atoms with Crippen LogP contribution in [-0.2, 0) is 4.74 Å². The summed E-state index contributed by atoms with van der Waals surface area (Å²) in [5.41, 5.74) is 0.212. The van der Waals surface area contributed by atoms with E-state index < -0.39 is 29.2 Å². The highest BCUT2D eigenvalue weighted by Crippen LogP contribution is 2.45. The molecule has 11 nitrogen and oxygen atoms in total. The van der Waals surface area contributed by atoms with Gasteiger partial charge in [0, 0.05) is 37.0 Å². The van der Waals surface area contributed by atoms with E-state index in [1.54, 1.807) is 50.8 Å². The number of piperazine rings is 1. The number of ether oxygens (including phenoxy) is 2. The number of H-pyrrole nitrogens is 1. The van der Waals surface area contributed by atoms with Crippen LogP contribution in [0.2, 0.25) is 5.02 Å². The van der Waals surface area contributed by atoms with Crippen molar-refractivity contribution in [2.75, 3.05) is 31.1 Å². The van der Waals surface area contributed by atoms with Crippen LogP contribution < -0.4 is 20.9 Å². The van der Waals surface area contributed by atoms with Crippen LogP contribution in [-0.4, -0.2) is 68.4 Å². The zero-order valence-corrected chi connectivity index (χ0v) is 26.7. The highest BCUT2D eigenvalue weighted by Gasteiger charge is 2.38. The van der Waals surface area contributed by atoms with Gasteiger partial charge in [0.25, 0.3) is 0 Å². The maximum Gasteiger partial charge on any atom is 0.410 e. The molecule has 236 valence electrons. The van der Waals surface area contributed by atoms with Crippen molar-refractivity contribution in [3.8, 4) is 22.7 Å². The SMILES string of the molecule is Cc1cc(=O)[nH]c(C(C)C)c1-n1c(=O)nc2c3c(c(Cl)c(-c4ccccc4F)nc31)OC[C@H]1CN(C(=O)OC(C)(C)C)CCN21. The Morgan fingerprint density at radius 2 is 1.91 bits per heavy atom. The molecule has 0 bridgehead atoms. The van der Waals surface area contributed by atoms with Crippen molar-refractivity contribution in [2.24, 2.45) is 0 Å². The molecule has 2 aliphatic rings. The normalized spacial score (nSPS) is 16.4. The standard InChI is InChI=1S/C32H34ClFN6O5/c1-16(2)24-26(17(3)13-21(41)35-24)40-29-22-27(23(33)25(36-29)19-9-7-8-10-20(19)34)44-15-18-14-38(31(43)45-32(4,5)6)11-12-39(18)28(22)37-30(40)42/h7-10,13,16,18H,11-12,14-15H2,1-6H3,(H,35,41)/t18-/m1/s1. The number of carbonyl (C=O) groups is 1. The number of pyridine rings is 2. The lowest BCUT2D eigenvalue weighted by Crippen LogP contribution is -2.57. The van der Waals surface area contributed by atoms with Crippen LogP contribution in [0.15, 0.2) is 39.9 Å². The number of rotatable bonds is 3. The third-order valence-electron chi connectivity index (χ3n) is 7.89. The number of anilines is 1. The molecule has 1 amide bonds. The van der Waals surface area contributed by atoms with Gasteiger partial charge in [-0.05, 0) is 51.3 Å². The highest BCUT2D eigenvalue weighted by molar-refractivity contribution is 6.36. The Labute approximate surface area is 263 Å². The molecule has 2 aliphatic heterocycles. The van der Waals surface area contributed by atoms with Gasteiger partial charge in [-0.1, -0.05) is 37.6 Å². The zero-order chi connectivity index (χ0) is 32.4. The maximum absolute atomic E-state index is 15.2. The number of aromatic amines is 1. The lowest BCUT2D eigenvalue weighted by atomic mass is 10.0. The molecule has 6 rings (SSSR count). The van der Waals surface area contributed by atoms with Gasteiger partial charge in [0.15, 0.2) is 11.4 Å². The molecule has 1 N–H and O–H groups in total. The first kappa shape index (κ1) is 30.6. The van der Waals surface area contributed by atoms with Crippen LogP contribution in [0.3, 0.4) is 0 Å². The minimum absolute atomic E-state index is 0.0620. The average molecular weight is 637 g/mol. The van der Waals surface area contributed by atoms with Gasteiger partial charge in [-0.3, -0.25) is 4.79 Å². The summed E-state index contributed by atoms with van der Waals surface area (Å²) in [6.45, 7) is 11.9. The van der Waals surface area contributed by atoms with Crippen molar-refractivity contribution >= 4 is 34.5 Å². The molecule has 0 radical (unpaired) electrons. The summed E-state index contributed by atoms with van der Waals surface area (Å²) >= 11 is 6.97. The summed E-state index contributed by atoms with van der Waals surface area (Å²) in [6.07, 6.45) is -0.450. The molecule has 13 heteroatoms. The number of nitrogens with one attached hydrogen (secondary N) is 1. The number of benzene rings is 1. The van der Waals surface area contributed by atoms with Crippen LogP contribution in [0, 0.1) is 12.7 Å². The second kappa shape index (κ2) is 11.2. The molecule has 0 unspecified atom stereocenters. The van der Waals surface area contributed by atoms with E-state index in [2.05, 4.69) is 9.97 Å². The van der Waals surface area contributed by atoms with E-state index in [-0.39, 0.29) is 52.3 Å². The fourth-order valence-corrected chi connectivity index (χ4v) is 6.22. The smallest absolute Gasteiger partial charge is 0.410 e. The Bertz CT molecular complexity index is 1970. The van der Waals surface area contributed by atoms with Gasteiger partial charge in [0.2, 0.25) is 5.56 Å². The van der Waals surface area contributed by atoms with Crippen LogP contribution in [0.4, 0.5) is 15.0 Å². The van der Waals surface area contributed by atoms with Gasteiger partial charge >= 0.3 is 11.8 Å². The van der Waals surface area contributed by atoms with Crippen molar-refractivity contribution in [3.63, 3.8) is 0 Å². The quantitative estimate of drug-likeness (QED) is 0.327. The second-order valence-electron chi connectivity index (χ2n) is 12.7. The van der Waals surface area contributed by atoms with Crippen LogP contribution >= 0.6 is 11.6 Å². The summed E-state index contributed by atoms with van der Waals surface area (Å²) in [7, 11) is 0. The molecule has 45 heavy (non-hydrogen) atoms. The summed E-state index contributed by atoms with van der Waals surface area (Å²) < 4.78 is 28.5. The molecule has 1 aromatic carbocycles. The second-order valence-corrected chi connectivity index (χ2v) is 13.0. The van der Waals surface area contributed by atoms with Crippen LogP contribution in [0.1, 0.15) is 51.8 Å².